The fourth-order valence-electron chi connectivity index (χ4n) is 1.64. The van der Waals surface area contributed by atoms with Crippen molar-refractivity contribution in [1.82, 2.24) is 14.9 Å². The minimum Gasteiger partial charge on any atom is -0.478 e. The van der Waals surface area contributed by atoms with Gasteiger partial charge in [0.2, 0.25) is 0 Å². The first-order valence-electron chi connectivity index (χ1n) is 6.09. The second kappa shape index (κ2) is 6.89. The molecule has 0 unspecified atom stereocenters. The maximum Gasteiger partial charge on any atom is 0.335 e. The molecule has 0 spiro atoms. The number of carbonyl (C=O) groups excluding carboxylic acids is 1. The van der Waals surface area contributed by atoms with E-state index >= 15 is 0 Å². The van der Waals surface area contributed by atoms with Crippen LogP contribution >= 0.6 is 15.9 Å². The highest BCUT2D eigenvalue weighted by Gasteiger charge is 2.09. The van der Waals surface area contributed by atoms with E-state index in [1.807, 2.05) is 4.57 Å². The van der Waals surface area contributed by atoms with Crippen LogP contribution in [0, 0.1) is 0 Å². The van der Waals surface area contributed by atoms with E-state index in [-0.39, 0.29) is 5.56 Å². The van der Waals surface area contributed by atoms with E-state index in [9.17, 15) is 9.59 Å². The first-order valence-corrected chi connectivity index (χ1v) is 6.89. The summed E-state index contributed by atoms with van der Waals surface area (Å²) in [4.78, 5) is 26.6. The van der Waals surface area contributed by atoms with Crippen LogP contribution in [0.2, 0.25) is 0 Å². The zero-order chi connectivity index (χ0) is 15.2. The first-order chi connectivity index (χ1) is 10.1. The number of nitrogens with zero attached hydrogens (tertiary/aromatic N) is 2. The van der Waals surface area contributed by atoms with Crippen molar-refractivity contribution in [1.29, 1.82) is 0 Å². The van der Waals surface area contributed by atoms with Gasteiger partial charge in [0.05, 0.1) is 17.6 Å². The van der Waals surface area contributed by atoms with Gasteiger partial charge in [-0.3, -0.25) is 0 Å². The van der Waals surface area contributed by atoms with Gasteiger partial charge in [0.15, 0.2) is 0 Å². The molecule has 0 aliphatic rings. The van der Waals surface area contributed by atoms with Crippen LogP contribution in [-0.4, -0.2) is 33.2 Å². The van der Waals surface area contributed by atoms with Crippen molar-refractivity contribution in [3.8, 4) is 0 Å². The fraction of sp³-hybridized carbons (Fsp3) is 0.154. The molecular formula is C13H13BrN4O3. The molecule has 0 aliphatic heterocycles. The van der Waals surface area contributed by atoms with Crippen LogP contribution in [-0.2, 0) is 6.54 Å². The molecule has 2 amide bonds. The number of carboxylic acid groups (broad SMARTS) is 1. The lowest BCUT2D eigenvalue weighted by Gasteiger charge is -2.10. The summed E-state index contributed by atoms with van der Waals surface area (Å²) in [7, 11) is 0. The van der Waals surface area contributed by atoms with E-state index in [0.717, 1.165) is 0 Å². The Hall–Kier alpha value is -2.35. The molecule has 0 aliphatic carbocycles. The highest BCUT2D eigenvalue weighted by Crippen LogP contribution is 2.23. The van der Waals surface area contributed by atoms with Crippen molar-refractivity contribution >= 4 is 33.6 Å². The van der Waals surface area contributed by atoms with Crippen LogP contribution in [0.25, 0.3) is 0 Å². The molecule has 21 heavy (non-hydrogen) atoms. The van der Waals surface area contributed by atoms with Crippen LogP contribution < -0.4 is 10.6 Å². The zero-order valence-corrected chi connectivity index (χ0v) is 12.5. The Balaban J connectivity index is 1.90. The largest absolute Gasteiger partial charge is 0.478 e. The summed E-state index contributed by atoms with van der Waals surface area (Å²) in [5.74, 6) is -1.05. The summed E-state index contributed by atoms with van der Waals surface area (Å²) in [6.45, 7) is 1.03. The average molecular weight is 353 g/mol. The van der Waals surface area contributed by atoms with Crippen LogP contribution in [0.1, 0.15) is 10.4 Å². The van der Waals surface area contributed by atoms with Crippen molar-refractivity contribution in [2.24, 2.45) is 0 Å². The summed E-state index contributed by atoms with van der Waals surface area (Å²) in [5, 5.41) is 14.2. The van der Waals surface area contributed by atoms with E-state index in [2.05, 4.69) is 31.5 Å². The molecule has 3 N–H and O–H groups in total. The number of imidazole rings is 1. The van der Waals surface area contributed by atoms with E-state index in [1.165, 1.54) is 12.1 Å². The Morgan fingerprint density at radius 1 is 1.38 bits per heavy atom. The molecule has 0 saturated heterocycles. The molecular weight excluding hydrogens is 340 g/mol. The Morgan fingerprint density at radius 3 is 2.86 bits per heavy atom. The van der Waals surface area contributed by atoms with Crippen LogP contribution in [0.4, 0.5) is 10.5 Å². The van der Waals surface area contributed by atoms with Crippen molar-refractivity contribution in [2.75, 3.05) is 11.9 Å². The molecule has 1 heterocycles. The number of benzene rings is 1. The van der Waals surface area contributed by atoms with Gasteiger partial charge in [0, 0.05) is 30.0 Å². The van der Waals surface area contributed by atoms with Gasteiger partial charge < -0.3 is 20.3 Å². The molecule has 1 aromatic carbocycles. The summed E-state index contributed by atoms with van der Waals surface area (Å²) >= 11 is 3.26. The number of hydrogen-bond donors (Lipinski definition) is 3. The van der Waals surface area contributed by atoms with Gasteiger partial charge in [-0.25, -0.2) is 14.6 Å². The lowest BCUT2D eigenvalue weighted by atomic mass is 10.2. The second-order valence-electron chi connectivity index (χ2n) is 4.18. The number of carbonyl (C=O) groups is 2. The smallest absolute Gasteiger partial charge is 0.335 e. The molecule has 110 valence electrons. The number of halogens is 1. The molecule has 0 radical (unpaired) electrons. The van der Waals surface area contributed by atoms with Gasteiger partial charge in [0.1, 0.15) is 0 Å². The molecule has 8 heteroatoms. The van der Waals surface area contributed by atoms with Crippen LogP contribution in [0.5, 0.6) is 0 Å². The number of nitrogens with one attached hydrogen (secondary N) is 2. The number of urea groups is 1. The Bertz CT molecular complexity index is 643. The Labute approximate surface area is 129 Å². The Kier molecular flexibility index (Phi) is 4.94. The SMILES string of the molecule is O=C(NCCn1ccnc1)Nc1cc(C(=O)O)ccc1Br. The zero-order valence-electron chi connectivity index (χ0n) is 10.9. The lowest BCUT2D eigenvalue weighted by molar-refractivity contribution is 0.0697. The maximum atomic E-state index is 11.8. The first kappa shape index (κ1) is 15.0. The number of anilines is 1. The number of hydrogen-bond acceptors (Lipinski definition) is 3. The van der Waals surface area contributed by atoms with Crippen molar-refractivity contribution in [3.05, 3.63) is 47.0 Å². The molecule has 2 aromatic rings. The summed E-state index contributed by atoms with van der Waals surface area (Å²) in [6.07, 6.45) is 5.12. The number of aromatic nitrogens is 2. The number of amides is 2. The normalized spacial score (nSPS) is 10.1. The number of aromatic carboxylic acids is 1. The molecule has 2 rings (SSSR count). The summed E-state index contributed by atoms with van der Waals surface area (Å²) in [6, 6.07) is 4.01. The van der Waals surface area contributed by atoms with Crippen molar-refractivity contribution in [2.45, 2.75) is 6.54 Å². The predicted molar refractivity (Wildman–Crippen MR) is 80.3 cm³/mol. The van der Waals surface area contributed by atoms with Crippen LogP contribution in [0.15, 0.2) is 41.4 Å². The van der Waals surface area contributed by atoms with E-state index in [1.54, 1.807) is 24.8 Å². The average Bonchev–Trinajstić information content (AvgIpc) is 2.94. The molecule has 0 atom stereocenters. The summed E-state index contributed by atoms with van der Waals surface area (Å²) < 4.78 is 2.44. The lowest BCUT2D eigenvalue weighted by Crippen LogP contribution is -2.31. The van der Waals surface area contributed by atoms with Crippen LogP contribution in [0.3, 0.4) is 0 Å². The van der Waals surface area contributed by atoms with E-state index < -0.39 is 12.0 Å². The van der Waals surface area contributed by atoms with Gasteiger partial charge in [-0.1, -0.05) is 0 Å². The minimum atomic E-state index is -1.05. The third-order valence-corrected chi connectivity index (χ3v) is 3.37. The van der Waals surface area contributed by atoms with Gasteiger partial charge in [-0.15, -0.1) is 0 Å². The fourth-order valence-corrected chi connectivity index (χ4v) is 1.98. The van der Waals surface area contributed by atoms with Crippen molar-refractivity contribution < 1.29 is 14.7 Å². The molecule has 1 aromatic heterocycles. The molecule has 7 nitrogen and oxygen atoms in total. The maximum absolute atomic E-state index is 11.8. The molecule has 0 bridgehead atoms. The Morgan fingerprint density at radius 2 is 2.19 bits per heavy atom. The van der Waals surface area contributed by atoms with E-state index in [0.29, 0.717) is 23.2 Å². The standard InChI is InChI=1S/C13H13BrN4O3/c14-10-2-1-9(12(19)20)7-11(10)17-13(21)16-4-6-18-5-3-15-8-18/h1-3,5,7-8H,4,6H2,(H,19,20)(H2,16,17,21). The van der Waals surface area contributed by atoms with Gasteiger partial charge >= 0.3 is 12.0 Å². The third kappa shape index (κ3) is 4.32. The van der Waals surface area contributed by atoms with E-state index in [4.69, 9.17) is 5.11 Å². The molecule has 0 fully saturated rings. The topological polar surface area (TPSA) is 96.3 Å². The van der Waals surface area contributed by atoms with Crippen molar-refractivity contribution in [3.63, 3.8) is 0 Å². The number of rotatable bonds is 5. The third-order valence-electron chi connectivity index (χ3n) is 2.68. The minimum absolute atomic E-state index is 0.104. The van der Waals surface area contributed by atoms with Gasteiger partial charge in [0.25, 0.3) is 0 Å². The molecule has 0 saturated carbocycles. The van der Waals surface area contributed by atoms with Gasteiger partial charge in [-0.2, -0.15) is 0 Å². The monoisotopic (exact) mass is 352 g/mol. The summed E-state index contributed by atoms with van der Waals surface area (Å²) in [5.41, 5.74) is 0.502. The highest BCUT2D eigenvalue weighted by molar-refractivity contribution is 9.10. The van der Waals surface area contributed by atoms with Gasteiger partial charge in [-0.05, 0) is 34.1 Å². The second-order valence-corrected chi connectivity index (χ2v) is 5.04. The number of carboxylic acids is 1. The quantitative estimate of drug-likeness (QED) is 0.768. The highest BCUT2D eigenvalue weighted by atomic mass is 79.9. The predicted octanol–water partition coefficient (Wildman–Crippen LogP) is 2.17.